The van der Waals surface area contributed by atoms with Crippen molar-refractivity contribution in [3.63, 3.8) is 0 Å². The molecule has 2 N–H and O–H groups in total. The molecule has 0 aliphatic carbocycles. The van der Waals surface area contributed by atoms with Gasteiger partial charge in [0, 0.05) is 17.3 Å². The van der Waals surface area contributed by atoms with Crippen molar-refractivity contribution in [2.45, 2.75) is 13.1 Å². The van der Waals surface area contributed by atoms with E-state index in [1.807, 2.05) is 36.4 Å². The molecular weight excluding hydrogens is 449 g/mol. The SMILES string of the molecule is Cc1nc(-c2ccc(C3N(C)c4ccc(F)cc4C(=O)N3c3cccc(O)c3O)s2)cs1. The number of aromatic nitrogens is 1. The smallest absolute Gasteiger partial charge is 0.262 e. The number of thiophene rings is 1. The van der Waals surface area contributed by atoms with Crippen molar-refractivity contribution in [2.75, 3.05) is 16.8 Å². The van der Waals surface area contributed by atoms with Crippen molar-refractivity contribution in [2.24, 2.45) is 0 Å². The van der Waals surface area contributed by atoms with Crippen molar-refractivity contribution in [1.82, 2.24) is 4.98 Å². The van der Waals surface area contributed by atoms with Crippen LogP contribution >= 0.6 is 22.7 Å². The molecule has 1 amide bonds. The molecule has 0 spiro atoms. The van der Waals surface area contributed by atoms with E-state index < -0.39 is 23.6 Å². The Bertz CT molecular complexity index is 1350. The largest absolute Gasteiger partial charge is 0.504 e. The maximum atomic E-state index is 14.0. The van der Waals surface area contributed by atoms with E-state index in [-0.39, 0.29) is 17.0 Å². The Kier molecular flexibility index (Phi) is 4.87. The predicted molar refractivity (Wildman–Crippen MR) is 124 cm³/mol. The summed E-state index contributed by atoms with van der Waals surface area (Å²) in [6, 6.07) is 12.4. The van der Waals surface area contributed by atoms with Crippen LogP contribution in [0.5, 0.6) is 11.5 Å². The molecule has 162 valence electrons. The molecule has 2 aromatic heterocycles. The lowest BCUT2D eigenvalue weighted by molar-refractivity contribution is 0.0968. The van der Waals surface area contributed by atoms with Gasteiger partial charge < -0.3 is 15.1 Å². The topological polar surface area (TPSA) is 76.9 Å². The zero-order valence-corrected chi connectivity index (χ0v) is 18.7. The minimum atomic E-state index is -0.619. The first-order chi connectivity index (χ1) is 15.3. The monoisotopic (exact) mass is 467 g/mol. The third-order valence-corrected chi connectivity index (χ3v) is 7.33. The fraction of sp³-hybridized carbons (Fsp3) is 0.130. The van der Waals surface area contributed by atoms with Crippen LogP contribution in [0, 0.1) is 12.7 Å². The number of aromatic hydroxyl groups is 2. The first-order valence-corrected chi connectivity index (χ1v) is 11.4. The fourth-order valence-corrected chi connectivity index (χ4v) is 5.70. The van der Waals surface area contributed by atoms with Crippen LogP contribution in [0.3, 0.4) is 0 Å². The Morgan fingerprint density at radius 1 is 1.09 bits per heavy atom. The van der Waals surface area contributed by atoms with Gasteiger partial charge >= 0.3 is 0 Å². The van der Waals surface area contributed by atoms with E-state index in [0.29, 0.717) is 5.69 Å². The summed E-state index contributed by atoms with van der Waals surface area (Å²) in [5, 5.41) is 23.6. The minimum absolute atomic E-state index is 0.140. The molecule has 0 bridgehead atoms. The number of thiazole rings is 1. The molecule has 9 heteroatoms. The Morgan fingerprint density at radius 2 is 1.91 bits per heavy atom. The Hall–Kier alpha value is -3.43. The molecule has 5 rings (SSSR count). The number of anilines is 2. The number of amides is 1. The highest BCUT2D eigenvalue weighted by molar-refractivity contribution is 7.16. The van der Waals surface area contributed by atoms with Crippen LogP contribution in [0.4, 0.5) is 15.8 Å². The van der Waals surface area contributed by atoms with Gasteiger partial charge in [-0.2, -0.15) is 0 Å². The number of carbonyl (C=O) groups is 1. The number of fused-ring (bicyclic) bond motifs is 1. The number of benzene rings is 2. The van der Waals surface area contributed by atoms with E-state index >= 15 is 0 Å². The molecule has 0 saturated heterocycles. The lowest BCUT2D eigenvalue weighted by atomic mass is 10.0. The summed E-state index contributed by atoms with van der Waals surface area (Å²) in [6.07, 6.45) is -0.619. The van der Waals surface area contributed by atoms with Crippen molar-refractivity contribution >= 4 is 40.0 Å². The molecule has 0 fully saturated rings. The Morgan fingerprint density at radius 3 is 2.66 bits per heavy atom. The molecule has 4 aromatic rings. The molecule has 1 aliphatic heterocycles. The summed E-state index contributed by atoms with van der Waals surface area (Å²) >= 11 is 3.05. The summed E-state index contributed by atoms with van der Waals surface area (Å²) in [5.41, 5.74) is 1.76. The highest BCUT2D eigenvalue weighted by atomic mass is 32.1. The second-order valence-electron chi connectivity index (χ2n) is 7.42. The standard InChI is InChI=1S/C23H18FN3O3S2/c1-12-25-15(11-31-12)19-8-9-20(32-19)22-26(2)16-7-6-13(24)10-14(16)23(30)27(22)17-4-3-5-18(28)21(17)29/h3-11,22,28-29H,1-2H3. The van der Waals surface area contributed by atoms with Gasteiger partial charge in [0.25, 0.3) is 5.91 Å². The molecular formula is C23H18FN3O3S2. The zero-order valence-electron chi connectivity index (χ0n) is 17.1. The maximum absolute atomic E-state index is 14.0. The van der Waals surface area contributed by atoms with Gasteiger partial charge in [-0.25, -0.2) is 9.37 Å². The van der Waals surface area contributed by atoms with Gasteiger partial charge in [0.2, 0.25) is 0 Å². The van der Waals surface area contributed by atoms with Gasteiger partial charge in [-0.15, -0.1) is 22.7 Å². The summed E-state index contributed by atoms with van der Waals surface area (Å²) in [4.78, 5) is 23.2. The molecule has 2 aromatic carbocycles. The number of hydrogen-bond acceptors (Lipinski definition) is 7. The van der Waals surface area contributed by atoms with E-state index in [0.717, 1.165) is 20.5 Å². The normalized spacial score (nSPS) is 15.8. The number of para-hydroxylation sites is 1. The van der Waals surface area contributed by atoms with Gasteiger partial charge in [0.1, 0.15) is 12.0 Å². The van der Waals surface area contributed by atoms with Gasteiger partial charge in [0.05, 0.1) is 32.5 Å². The number of phenols is 2. The van der Waals surface area contributed by atoms with Crippen molar-refractivity contribution < 1.29 is 19.4 Å². The number of rotatable bonds is 3. The molecule has 3 heterocycles. The summed E-state index contributed by atoms with van der Waals surface area (Å²) in [6.45, 7) is 1.94. The summed E-state index contributed by atoms with van der Waals surface area (Å²) < 4.78 is 14.0. The zero-order chi connectivity index (χ0) is 22.6. The quantitative estimate of drug-likeness (QED) is 0.388. The number of aryl methyl sites for hydroxylation is 1. The van der Waals surface area contributed by atoms with Crippen molar-refractivity contribution in [3.8, 4) is 22.1 Å². The fourth-order valence-electron chi connectivity index (χ4n) is 3.91. The lowest BCUT2D eigenvalue weighted by Gasteiger charge is -2.43. The number of nitrogens with zero attached hydrogens (tertiary/aromatic N) is 3. The second-order valence-corrected chi connectivity index (χ2v) is 9.60. The molecule has 6 nitrogen and oxygen atoms in total. The predicted octanol–water partition coefficient (Wildman–Crippen LogP) is 5.53. The Labute approximate surface area is 191 Å². The molecule has 0 saturated carbocycles. The number of hydrogen-bond donors (Lipinski definition) is 2. The van der Waals surface area contributed by atoms with Gasteiger partial charge in [-0.05, 0) is 49.4 Å². The van der Waals surface area contributed by atoms with E-state index in [1.165, 1.54) is 34.4 Å². The van der Waals surface area contributed by atoms with Crippen LogP contribution < -0.4 is 9.80 Å². The van der Waals surface area contributed by atoms with Crippen LogP contribution in [0.25, 0.3) is 10.6 Å². The molecule has 1 aliphatic rings. The van der Waals surface area contributed by atoms with Crippen LogP contribution in [-0.2, 0) is 0 Å². The number of halogens is 1. The van der Waals surface area contributed by atoms with E-state index in [1.54, 1.807) is 29.5 Å². The van der Waals surface area contributed by atoms with Crippen LogP contribution in [0.15, 0.2) is 53.9 Å². The average Bonchev–Trinajstić information content (AvgIpc) is 3.42. The first kappa shape index (κ1) is 20.5. The maximum Gasteiger partial charge on any atom is 0.262 e. The molecule has 1 atom stereocenters. The Balaban J connectivity index is 1.69. The summed E-state index contributed by atoms with van der Waals surface area (Å²) in [7, 11) is 1.81. The lowest BCUT2D eigenvalue weighted by Crippen LogP contribution is -2.48. The average molecular weight is 468 g/mol. The van der Waals surface area contributed by atoms with Crippen LogP contribution in [-0.4, -0.2) is 28.2 Å². The third-order valence-electron chi connectivity index (χ3n) is 5.40. The number of carbonyl (C=O) groups excluding carboxylic acids is 1. The minimum Gasteiger partial charge on any atom is -0.504 e. The van der Waals surface area contributed by atoms with Crippen molar-refractivity contribution in [1.29, 1.82) is 0 Å². The van der Waals surface area contributed by atoms with Crippen LogP contribution in [0.1, 0.15) is 26.4 Å². The second kappa shape index (κ2) is 7.61. The van der Waals surface area contributed by atoms with E-state index in [4.69, 9.17) is 0 Å². The van der Waals surface area contributed by atoms with Gasteiger partial charge in [0.15, 0.2) is 11.5 Å². The number of phenolic OH excluding ortho intramolecular Hbond substituents is 2. The van der Waals surface area contributed by atoms with E-state index in [2.05, 4.69) is 4.98 Å². The van der Waals surface area contributed by atoms with Crippen molar-refractivity contribution in [3.05, 3.63) is 75.2 Å². The van der Waals surface area contributed by atoms with Gasteiger partial charge in [-0.3, -0.25) is 9.69 Å². The van der Waals surface area contributed by atoms with E-state index in [9.17, 15) is 19.4 Å². The third kappa shape index (κ3) is 3.21. The summed E-state index contributed by atoms with van der Waals surface area (Å²) in [5.74, 6) is -1.75. The van der Waals surface area contributed by atoms with Gasteiger partial charge in [-0.1, -0.05) is 6.07 Å². The molecule has 1 unspecified atom stereocenters. The highest BCUT2D eigenvalue weighted by Gasteiger charge is 2.40. The highest BCUT2D eigenvalue weighted by Crippen LogP contribution is 2.47. The molecule has 32 heavy (non-hydrogen) atoms. The van der Waals surface area contributed by atoms with Crippen LogP contribution in [0.2, 0.25) is 0 Å². The first-order valence-electron chi connectivity index (χ1n) is 9.74. The molecule has 0 radical (unpaired) electrons.